The molecule has 0 aromatic carbocycles. The zero-order valence-corrected chi connectivity index (χ0v) is 17.5. The number of thioether (sulfide) groups is 1. The van der Waals surface area contributed by atoms with Gasteiger partial charge in [0.25, 0.3) is 0 Å². The molecule has 1 aromatic rings. The van der Waals surface area contributed by atoms with Gasteiger partial charge >= 0.3 is 0 Å². The van der Waals surface area contributed by atoms with Gasteiger partial charge in [0, 0.05) is 41.2 Å². The summed E-state index contributed by atoms with van der Waals surface area (Å²) in [5.41, 5.74) is 9.59. The molecule has 0 radical (unpaired) electrons. The van der Waals surface area contributed by atoms with E-state index in [2.05, 4.69) is 38.2 Å². The van der Waals surface area contributed by atoms with E-state index in [4.69, 9.17) is 0 Å². The number of aromatic nitrogens is 2. The third kappa shape index (κ3) is 2.70. The van der Waals surface area contributed by atoms with Gasteiger partial charge in [-0.1, -0.05) is 18.2 Å². The molecule has 1 saturated carbocycles. The van der Waals surface area contributed by atoms with Crippen molar-refractivity contribution in [2.75, 3.05) is 0 Å². The van der Waals surface area contributed by atoms with Gasteiger partial charge in [0.1, 0.15) is 6.33 Å². The highest BCUT2D eigenvalue weighted by atomic mass is 32.2. The summed E-state index contributed by atoms with van der Waals surface area (Å²) in [5.74, 6) is 0.923. The molecule has 1 aliphatic carbocycles. The molecule has 7 atom stereocenters. The Bertz CT molecular complexity index is 831. The number of fused-ring (bicyclic) bond motifs is 2. The molecule has 5 aliphatic rings. The lowest BCUT2D eigenvalue weighted by molar-refractivity contribution is 0.00417. The molecule has 3 N–H and O–H groups in total. The molecule has 5 heterocycles. The van der Waals surface area contributed by atoms with Crippen LogP contribution in [0.15, 0.2) is 28.7 Å². The molecule has 0 bridgehead atoms. The first kappa shape index (κ1) is 17.8. The number of piperidine rings is 1. The molecule has 0 spiro atoms. The van der Waals surface area contributed by atoms with Gasteiger partial charge in [0.2, 0.25) is 0 Å². The van der Waals surface area contributed by atoms with Gasteiger partial charge in [-0.3, -0.25) is 9.53 Å². The summed E-state index contributed by atoms with van der Waals surface area (Å²) in [6, 6.07) is 1.16. The van der Waals surface area contributed by atoms with Crippen LogP contribution in [-0.2, 0) is 10.8 Å². The van der Waals surface area contributed by atoms with Crippen LogP contribution in [0.3, 0.4) is 0 Å². The predicted octanol–water partition coefficient (Wildman–Crippen LogP) is 1.77. The maximum absolute atomic E-state index is 13.3. The lowest BCUT2D eigenvalue weighted by atomic mass is 9.73. The second-order valence-corrected chi connectivity index (χ2v) is 11.8. The molecule has 4 fully saturated rings. The van der Waals surface area contributed by atoms with E-state index in [1.54, 1.807) is 18.1 Å². The number of nitrogens with zero attached hydrogens (tertiary/aromatic N) is 3. The lowest BCUT2D eigenvalue weighted by Crippen LogP contribution is -2.62. The summed E-state index contributed by atoms with van der Waals surface area (Å²) >= 11 is 1.81. The molecular formula is C19H26N6OS2. The minimum absolute atomic E-state index is 0.244. The van der Waals surface area contributed by atoms with Gasteiger partial charge < -0.3 is 5.43 Å². The first-order valence-electron chi connectivity index (χ1n) is 10.3. The highest BCUT2D eigenvalue weighted by molar-refractivity contribution is 8.17. The SMILES string of the molecule is CC1CC2C3CC(c4cncnc4)NC4SC(S(=O)C5CCC5)=C(NN2N1)C43. The van der Waals surface area contributed by atoms with Gasteiger partial charge in [-0.05, 0) is 38.5 Å². The van der Waals surface area contributed by atoms with Crippen LogP contribution in [0.2, 0.25) is 0 Å². The number of rotatable bonds is 3. The Hall–Kier alpha value is -1.00. The van der Waals surface area contributed by atoms with Crippen molar-refractivity contribution in [2.45, 2.75) is 67.8 Å². The van der Waals surface area contributed by atoms with E-state index in [-0.39, 0.29) is 11.4 Å². The Morgan fingerprint density at radius 3 is 2.82 bits per heavy atom. The fraction of sp³-hybridized carbons (Fsp3) is 0.684. The Morgan fingerprint density at radius 2 is 2.07 bits per heavy atom. The summed E-state index contributed by atoms with van der Waals surface area (Å²) in [6.07, 6.45) is 11.1. The van der Waals surface area contributed by atoms with Crippen LogP contribution in [0.5, 0.6) is 0 Å². The van der Waals surface area contributed by atoms with E-state index in [0.29, 0.717) is 29.2 Å². The first-order chi connectivity index (χ1) is 13.7. The van der Waals surface area contributed by atoms with Crippen LogP contribution < -0.4 is 16.2 Å². The fourth-order valence-corrected chi connectivity index (χ4v) is 9.21. The van der Waals surface area contributed by atoms with Crippen molar-refractivity contribution in [1.29, 1.82) is 0 Å². The average molecular weight is 419 g/mol. The number of hydrogen-bond donors (Lipinski definition) is 3. The summed E-state index contributed by atoms with van der Waals surface area (Å²) in [5, 5.41) is 6.66. The van der Waals surface area contributed by atoms with Crippen LogP contribution in [0.1, 0.15) is 50.6 Å². The second-order valence-electron chi connectivity index (χ2n) is 8.72. The molecule has 1 aromatic heterocycles. The number of nitrogens with one attached hydrogen (secondary N) is 3. The van der Waals surface area contributed by atoms with Crippen molar-refractivity contribution >= 4 is 22.6 Å². The van der Waals surface area contributed by atoms with Gasteiger partial charge in [0.05, 0.1) is 32.1 Å². The smallest absolute Gasteiger partial charge is 0.115 e. The van der Waals surface area contributed by atoms with Crippen LogP contribution in [-0.4, -0.2) is 42.0 Å². The lowest BCUT2D eigenvalue weighted by Gasteiger charge is -2.48. The van der Waals surface area contributed by atoms with Crippen molar-refractivity contribution < 1.29 is 4.21 Å². The molecule has 3 saturated heterocycles. The van der Waals surface area contributed by atoms with E-state index >= 15 is 0 Å². The molecular weight excluding hydrogens is 392 g/mol. The van der Waals surface area contributed by atoms with Gasteiger partial charge in [-0.25, -0.2) is 15.4 Å². The van der Waals surface area contributed by atoms with Crippen LogP contribution in [0.4, 0.5) is 0 Å². The Labute approximate surface area is 171 Å². The Morgan fingerprint density at radius 1 is 1.25 bits per heavy atom. The molecule has 0 amide bonds. The summed E-state index contributed by atoms with van der Waals surface area (Å²) in [6.45, 7) is 2.24. The third-order valence-corrected chi connectivity index (χ3v) is 10.6. The van der Waals surface area contributed by atoms with Crippen LogP contribution in [0.25, 0.3) is 0 Å². The zero-order valence-electron chi connectivity index (χ0n) is 15.9. The third-order valence-electron chi connectivity index (χ3n) is 6.99. The Kier molecular flexibility index (Phi) is 4.31. The van der Waals surface area contributed by atoms with E-state index in [9.17, 15) is 4.21 Å². The summed E-state index contributed by atoms with van der Waals surface area (Å²) < 4.78 is 14.4. The molecule has 7 nitrogen and oxygen atoms in total. The van der Waals surface area contributed by atoms with Crippen molar-refractivity contribution in [3.8, 4) is 0 Å². The van der Waals surface area contributed by atoms with Crippen LogP contribution >= 0.6 is 11.8 Å². The zero-order chi connectivity index (χ0) is 18.8. The van der Waals surface area contributed by atoms with Gasteiger partial charge in [-0.2, -0.15) is 5.12 Å². The minimum Gasteiger partial charge on any atom is -0.307 e. The monoisotopic (exact) mass is 418 g/mol. The van der Waals surface area contributed by atoms with Crippen LogP contribution in [0, 0.1) is 11.8 Å². The van der Waals surface area contributed by atoms with E-state index in [1.807, 2.05) is 12.4 Å². The maximum atomic E-state index is 13.3. The predicted molar refractivity (Wildman–Crippen MR) is 110 cm³/mol. The summed E-state index contributed by atoms with van der Waals surface area (Å²) in [4.78, 5) is 8.47. The molecule has 4 aliphatic heterocycles. The second kappa shape index (κ2) is 6.77. The highest BCUT2D eigenvalue weighted by Crippen LogP contribution is 2.55. The largest absolute Gasteiger partial charge is 0.307 e. The Balaban J connectivity index is 1.37. The van der Waals surface area contributed by atoms with E-state index in [1.165, 1.54) is 12.1 Å². The van der Waals surface area contributed by atoms with E-state index in [0.717, 1.165) is 35.5 Å². The van der Waals surface area contributed by atoms with Crippen molar-refractivity contribution in [3.63, 3.8) is 0 Å². The normalized spacial score (nSPS) is 41.2. The highest BCUT2D eigenvalue weighted by Gasteiger charge is 2.56. The number of hydrazine groups is 2. The molecule has 9 heteroatoms. The quantitative estimate of drug-likeness (QED) is 0.685. The summed E-state index contributed by atoms with van der Waals surface area (Å²) in [7, 11) is -0.892. The maximum Gasteiger partial charge on any atom is 0.115 e. The van der Waals surface area contributed by atoms with Crippen molar-refractivity contribution in [2.24, 2.45) is 11.8 Å². The fourth-order valence-electron chi connectivity index (χ4n) is 5.40. The number of hydrogen-bond acceptors (Lipinski definition) is 8. The van der Waals surface area contributed by atoms with Gasteiger partial charge in [-0.15, -0.1) is 0 Å². The first-order valence-corrected chi connectivity index (χ1v) is 12.4. The van der Waals surface area contributed by atoms with Crippen molar-refractivity contribution in [1.82, 2.24) is 31.3 Å². The van der Waals surface area contributed by atoms with Crippen molar-refractivity contribution in [3.05, 3.63) is 34.2 Å². The average Bonchev–Trinajstić information content (AvgIpc) is 3.22. The molecule has 6 rings (SSSR count). The van der Waals surface area contributed by atoms with E-state index < -0.39 is 10.8 Å². The van der Waals surface area contributed by atoms with Gasteiger partial charge in [0.15, 0.2) is 0 Å². The molecule has 7 unspecified atom stereocenters. The minimum atomic E-state index is -0.892. The molecule has 150 valence electrons. The standard InChI is InChI=1S/C19H26N6OS2/c1-10-5-15-13-6-14(11-7-20-9-21-8-11)22-18-16(13)17(24-25(15)23-10)19(27-18)28(26)12-3-2-4-12/h7-10,12-16,18,22-24H,2-6H2,1H3. The molecule has 28 heavy (non-hydrogen) atoms. The topological polar surface area (TPSA) is 82.2 Å².